The molecular weight excluding hydrogens is 216 g/mol. The lowest BCUT2D eigenvalue weighted by atomic mass is 10.4. The van der Waals surface area contributed by atoms with Gasteiger partial charge in [0.05, 0.1) is 0 Å². The molecular formula is C5H12N2O6S. The Kier molecular flexibility index (Phi) is 4.77. The van der Waals surface area contributed by atoms with Crippen LogP contribution in [-0.4, -0.2) is 46.3 Å². The number of carbonyl (C=O) groups excluding carboxylic acids is 1. The summed E-state index contributed by atoms with van der Waals surface area (Å²) < 4.78 is 31.6. The lowest BCUT2D eigenvalue weighted by molar-refractivity contribution is 0.0650. The molecule has 0 aliphatic carbocycles. The van der Waals surface area contributed by atoms with Crippen LogP contribution < -0.4 is 5.73 Å². The van der Waals surface area contributed by atoms with Crippen molar-refractivity contribution >= 4 is 16.4 Å². The number of carbonyl (C=O) groups is 1. The van der Waals surface area contributed by atoms with Crippen molar-refractivity contribution < 1.29 is 27.4 Å². The molecule has 0 aromatic heterocycles. The third-order valence-electron chi connectivity index (χ3n) is 1.50. The zero-order valence-corrected chi connectivity index (χ0v) is 8.01. The normalized spacial score (nSPS) is 21.4. The van der Waals surface area contributed by atoms with E-state index in [1.165, 1.54) is 4.90 Å². The second-order valence-electron chi connectivity index (χ2n) is 2.60. The Morgan fingerprint density at radius 1 is 1.43 bits per heavy atom. The van der Waals surface area contributed by atoms with Gasteiger partial charge in [-0.1, -0.05) is 0 Å². The van der Waals surface area contributed by atoms with Crippen LogP contribution in [0.5, 0.6) is 0 Å². The first-order chi connectivity index (χ1) is 6.22. The van der Waals surface area contributed by atoms with Crippen molar-refractivity contribution in [3.05, 3.63) is 0 Å². The number of hydrogen-bond donors (Lipinski definition) is 4. The molecule has 0 unspecified atom stereocenters. The Bertz CT molecular complexity index is 281. The van der Waals surface area contributed by atoms with Gasteiger partial charge in [-0.05, 0) is 12.8 Å². The molecule has 0 spiro atoms. The van der Waals surface area contributed by atoms with Gasteiger partial charge >= 0.3 is 16.4 Å². The van der Waals surface area contributed by atoms with Crippen molar-refractivity contribution in [2.45, 2.75) is 19.1 Å². The summed E-state index contributed by atoms with van der Waals surface area (Å²) in [5, 5.41) is 8.98. The van der Waals surface area contributed by atoms with E-state index in [0.717, 1.165) is 6.42 Å². The summed E-state index contributed by atoms with van der Waals surface area (Å²) >= 11 is 0. The second kappa shape index (κ2) is 5.10. The molecule has 1 saturated heterocycles. The zero-order valence-electron chi connectivity index (χ0n) is 7.20. The van der Waals surface area contributed by atoms with Gasteiger partial charge in [0.25, 0.3) is 0 Å². The molecule has 0 radical (unpaired) electrons. The van der Waals surface area contributed by atoms with Crippen LogP contribution in [0, 0.1) is 0 Å². The van der Waals surface area contributed by atoms with Gasteiger partial charge in [0.2, 0.25) is 0 Å². The highest BCUT2D eigenvalue weighted by molar-refractivity contribution is 7.79. The Balaban J connectivity index is 0.000000292. The highest BCUT2D eigenvalue weighted by Crippen LogP contribution is 2.12. The highest BCUT2D eigenvalue weighted by Gasteiger charge is 2.24. The number of urea groups is 1. The topological polar surface area (TPSA) is 141 Å². The van der Waals surface area contributed by atoms with Gasteiger partial charge in [-0.3, -0.25) is 14.0 Å². The molecule has 1 heterocycles. The summed E-state index contributed by atoms with van der Waals surface area (Å²) in [5.74, 6) is 0. The van der Waals surface area contributed by atoms with Crippen LogP contribution in [0.3, 0.4) is 0 Å². The van der Waals surface area contributed by atoms with Crippen molar-refractivity contribution in [1.29, 1.82) is 0 Å². The molecule has 84 valence electrons. The number of primary amides is 1. The van der Waals surface area contributed by atoms with Gasteiger partial charge in [0.15, 0.2) is 0 Å². The minimum absolute atomic E-state index is 0.528. The second-order valence-corrected chi connectivity index (χ2v) is 3.50. The quantitative estimate of drug-likeness (QED) is 0.385. The molecule has 1 aliphatic heterocycles. The third kappa shape index (κ3) is 6.60. The summed E-state index contributed by atoms with van der Waals surface area (Å²) in [5.41, 5.74) is 4.92. The van der Waals surface area contributed by atoms with E-state index in [0.29, 0.717) is 13.0 Å². The zero-order chi connectivity index (χ0) is 11.4. The smallest absolute Gasteiger partial charge is 0.373 e. The summed E-state index contributed by atoms with van der Waals surface area (Å²) in [6.45, 7) is 0.594. The lowest BCUT2D eigenvalue weighted by Gasteiger charge is -2.16. The fourth-order valence-electron chi connectivity index (χ4n) is 1.01. The SMILES string of the molecule is NC(=O)N1CCC[C@@H]1O.O=S(=O)(O)O. The maximum Gasteiger partial charge on any atom is 0.394 e. The van der Waals surface area contributed by atoms with Crippen LogP contribution in [0.4, 0.5) is 4.79 Å². The molecule has 0 aromatic rings. The molecule has 5 N–H and O–H groups in total. The van der Waals surface area contributed by atoms with Crippen molar-refractivity contribution in [1.82, 2.24) is 4.90 Å². The Hall–Kier alpha value is -0.900. The van der Waals surface area contributed by atoms with Gasteiger partial charge in [-0.15, -0.1) is 0 Å². The van der Waals surface area contributed by atoms with Gasteiger partial charge in [-0.25, -0.2) is 4.79 Å². The lowest BCUT2D eigenvalue weighted by Crippen LogP contribution is -2.39. The molecule has 2 amide bonds. The van der Waals surface area contributed by atoms with Gasteiger partial charge < -0.3 is 10.8 Å². The number of amides is 2. The Labute approximate surface area is 80.9 Å². The number of likely N-dealkylation sites (tertiary alicyclic amines) is 1. The van der Waals surface area contributed by atoms with E-state index in [1.54, 1.807) is 0 Å². The number of nitrogens with zero attached hydrogens (tertiary/aromatic N) is 1. The van der Waals surface area contributed by atoms with Crippen LogP contribution in [0.25, 0.3) is 0 Å². The van der Waals surface area contributed by atoms with Crippen LogP contribution in [0.15, 0.2) is 0 Å². The average molecular weight is 228 g/mol. The van der Waals surface area contributed by atoms with Gasteiger partial charge in [-0.2, -0.15) is 8.42 Å². The molecule has 1 aliphatic rings. The fourth-order valence-corrected chi connectivity index (χ4v) is 1.01. The van der Waals surface area contributed by atoms with Crippen molar-refractivity contribution in [2.24, 2.45) is 5.73 Å². The average Bonchev–Trinajstić information content (AvgIpc) is 2.30. The molecule has 9 heteroatoms. The molecule has 0 bridgehead atoms. The van der Waals surface area contributed by atoms with E-state index in [-0.39, 0.29) is 0 Å². The Morgan fingerprint density at radius 3 is 2.00 bits per heavy atom. The number of nitrogens with two attached hydrogens (primary N) is 1. The first-order valence-corrected chi connectivity index (χ1v) is 5.05. The number of aliphatic hydroxyl groups excluding tert-OH is 1. The monoisotopic (exact) mass is 228 g/mol. The maximum atomic E-state index is 10.4. The van der Waals surface area contributed by atoms with Crippen LogP contribution in [0.2, 0.25) is 0 Å². The standard InChI is InChI=1S/C5H10N2O2.H2O4S/c6-5(9)7-3-1-2-4(7)8;1-5(2,3)4/h4,8H,1-3H2,(H2,6,9);(H2,1,2,3,4)/t4-;/m0./s1. The molecule has 1 atom stereocenters. The minimum Gasteiger partial charge on any atom is -0.373 e. The van der Waals surface area contributed by atoms with Gasteiger partial charge in [0.1, 0.15) is 6.23 Å². The third-order valence-corrected chi connectivity index (χ3v) is 1.50. The Morgan fingerprint density at radius 2 is 1.86 bits per heavy atom. The van der Waals surface area contributed by atoms with Crippen LogP contribution in [0.1, 0.15) is 12.8 Å². The molecule has 0 saturated carbocycles. The first kappa shape index (κ1) is 13.1. The summed E-state index contributed by atoms with van der Waals surface area (Å²) in [4.78, 5) is 11.7. The predicted molar refractivity (Wildman–Crippen MR) is 45.7 cm³/mol. The van der Waals surface area contributed by atoms with E-state index >= 15 is 0 Å². The maximum absolute atomic E-state index is 10.4. The minimum atomic E-state index is -4.67. The van der Waals surface area contributed by atoms with E-state index < -0.39 is 22.7 Å². The molecule has 14 heavy (non-hydrogen) atoms. The fraction of sp³-hybridized carbons (Fsp3) is 0.800. The van der Waals surface area contributed by atoms with Crippen molar-refractivity contribution in [3.63, 3.8) is 0 Å². The summed E-state index contributed by atoms with van der Waals surface area (Å²) in [6.07, 6.45) is 0.870. The van der Waals surface area contributed by atoms with E-state index in [1.807, 2.05) is 0 Å². The van der Waals surface area contributed by atoms with Crippen molar-refractivity contribution in [3.8, 4) is 0 Å². The highest BCUT2D eigenvalue weighted by atomic mass is 32.3. The molecule has 8 nitrogen and oxygen atoms in total. The predicted octanol–water partition coefficient (Wildman–Crippen LogP) is -1.17. The van der Waals surface area contributed by atoms with E-state index in [9.17, 15) is 4.79 Å². The number of rotatable bonds is 0. The van der Waals surface area contributed by atoms with Crippen LogP contribution >= 0.6 is 0 Å². The number of hydrogen-bond acceptors (Lipinski definition) is 4. The molecule has 1 fully saturated rings. The molecule has 0 aromatic carbocycles. The van der Waals surface area contributed by atoms with Crippen molar-refractivity contribution in [2.75, 3.05) is 6.54 Å². The van der Waals surface area contributed by atoms with Crippen LogP contribution in [-0.2, 0) is 10.4 Å². The summed E-state index contributed by atoms with van der Waals surface area (Å²) in [7, 11) is -4.67. The molecule has 1 rings (SSSR count). The van der Waals surface area contributed by atoms with E-state index in [4.69, 9.17) is 28.4 Å². The summed E-state index contributed by atoms with van der Waals surface area (Å²) in [6, 6.07) is -0.528. The number of aliphatic hydroxyl groups is 1. The first-order valence-electron chi connectivity index (χ1n) is 3.66. The van der Waals surface area contributed by atoms with Gasteiger partial charge in [0, 0.05) is 6.54 Å². The largest absolute Gasteiger partial charge is 0.394 e. The van der Waals surface area contributed by atoms with E-state index in [2.05, 4.69) is 0 Å².